The highest BCUT2D eigenvalue weighted by Gasteiger charge is 2.22. The van der Waals surface area contributed by atoms with E-state index in [9.17, 15) is 0 Å². The number of hydrogen-bond acceptors (Lipinski definition) is 3. The fraction of sp³-hybridized carbons (Fsp3) is 0.583. The van der Waals surface area contributed by atoms with Crippen LogP contribution in [0.3, 0.4) is 0 Å². The Morgan fingerprint density at radius 1 is 1.53 bits per heavy atom. The van der Waals surface area contributed by atoms with E-state index >= 15 is 0 Å². The summed E-state index contributed by atoms with van der Waals surface area (Å²) < 4.78 is 2.12. The van der Waals surface area contributed by atoms with Gasteiger partial charge in [-0.05, 0) is 25.3 Å². The van der Waals surface area contributed by atoms with Crippen molar-refractivity contribution in [1.29, 1.82) is 0 Å². The van der Waals surface area contributed by atoms with Gasteiger partial charge in [0.05, 0.1) is 5.69 Å². The molecule has 3 heterocycles. The fourth-order valence-corrected chi connectivity index (χ4v) is 3.89. The third-order valence-corrected chi connectivity index (χ3v) is 4.64. The fourth-order valence-electron chi connectivity index (χ4n) is 2.53. The van der Waals surface area contributed by atoms with Crippen LogP contribution in [0.25, 0.3) is 4.96 Å². The van der Waals surface area contributed by atoms with Gasteiger partial charge in [-0.3, -0.25) is 9.30 Å². The average Bonchev–Trinajstić information content (AvgIpc) is 2.95. The molecule has 0 bridgehead atoms. The molecule has 1 aliphatic heterocycles. The molecule has 2 aromatic heterocycles. The van der Waals surface area contributed by atoms with Crippen LogP contribution < -0.4 is 0 Å². The van der Waals surface area contributed by atoms with Crippen LogP contribution in [0.4, 0.5) is 0 Å². The SMILES string of the molecule is BrCCC1CCN(Cc2cn3ccsc3n2)C1. The molecular formula is C12H16BrN3S. The normalized spacial score (nSPS) is 21.6. The molecule has 0 N–H and O–H groups in total. The molecule has 1 fully saturated rings. The third-order valence-electron chi connectivity index (χ3n) is 3.42. The molecule has 0 aromatic carbocycles. The molecule has 0 aliphatic carbocycles. The van der Waals surface area contributed by atoms with Crippen LogP contribution in [0.2, 0.25) is 0 Å². The number of fused-ring (bicyclic) bond motifs is 1. The number of rotatable bonds is 4. The molecule has 1 aliphatic rings. The van der Waals surface area contributed by atoms with Gasteiger partial charge in [0.1, 0.15) is 0 Å². The maximum absolute atomic E-state index is 4.64. The van der Waals surface area contributed by atoms with E-state index in [2.05, 4.69) is 48.0 Å². The van der Waals surface area contributed by atoms with E-state index < -0.39 is 0 Å². The lowest BCUT2D eigenvalue weighted by molar-refractivity contribution is 0.312. The summed E-state index contributed by atoms with van der Waals surface area (Å²) in [7, 11) is 0. The van der Waals surface area contributed by atoms with Crippen LogP contribution in [0.5, 0.6) is 0 Å². The van der Waals surface area contributed by atoms with E-state index in [1.807, 2.05) is 0 Å². The van der Waals surface area contributed by atoms with E-state index in [1.54, 1.807) is 11.3 Å². The Balaban J connectivity index is 1.62. The van der Waals surface area contributed by atoms with E-state index in [1.165, 1.54) is 31.6 Å². The Morgan fingerprint density at radius 2 is 2.47 bits per heavy atom. The van der Waals surface area contributed by atoms with Crippen LogP contribution >= 0.6 is 27.3 Å². The van der Waals surface area contributed by atoms with Crippen molar-refractivity contribution < 1.29 is 0 Å². The van der Waals surface area contributed by atoms with Gasteiger partial charge in [-0.25, -0.2) is 4.98 Å². The number of alkyl halides is 1. The summed E-state index contributed by atoms with van der Waals surface area (Å²) in [5.41, 5.74) is 1.20. The number of aromatic nitrogens is 2. The van der Waals surface area contributed by atoms with Crippen molar-refractivity contribution in [3.05, 3.63) is 23.5 Å². The highest BCUT2D eigenvalue weighted by atomic mass is 79.9. The van der Waals surface area contributed by atoms with Crippen LogP contribution in [-0.4, -0.2) is 32.7 Å². The maximum atomic E-state index is 4.64. The topological polar surface area (TPSA) is 20.5 Å². The molecule has 2 aromatic rings. The molecule has 0 spiro atoms. The van der Waals surface area contributed by atoms with Gasteiger partial charge in [-0.2, -0.15) is 0 Å². The Bertz CT molecular complexity index is 464. The number of halogens is 1. The van der Waals surface area contributed by atoms with Crippen LogP contribution in [-0.2, 0) is 6.54 Å². The summed E-state index contributed by atoms with van der Waals surface area (Å²) in [6.45, 7) is 3.47. The van der Waals surface area contributed by atoms with Crippen molar-refractivity contribution in [2.24, 2.45) is 5.92 Å². The third kappa shape index (κ3) is 2.56. The second-order valence-electron chi connectivity index (χ2n) is 4.69. The Hall–Kier alpha value is -0.390. The zero-order valence-corrected chi connectivity index (χ0v) is 12.1. The van der Waals surface area contributed by atoms with Crippen molar-refractivity contribution in [2.45, 2.75) is 19.4 Å². The second kappa shape index (κ2) is 5.08. The van der Waals surface area contributed by atoms with Gasteiger partial charge in [-0.1, -0.05) is 15.9 Å². The molecule has 3 nitrogen and oxygen atoms in total. The first-order chi connectivity index (χ1) is 8.35. The van der Waals surface area contributed by atoms with Crippen molar-refractivity contribution in [3.8, 4) is 0 Å². The van der Waals surface area contributed by atoms with Gasteiger partial charge in [0, 0.05) is 36.2 Å². The summed E-state index contributed by atoms with van der Waals surface area (Å²) in [5, 5.41) is 3.21. The number of thiazole rings is 1. The largest absolute Gasteiger partial charge is 0.297 e. The number of likely N-dealkylation sites (tertiary alicyclic amines) is 1. The molecule has 17 heavy (non-hydrogen) atoms. The number of imidazole rings is 1. The molecule has 0 radical (unpaired) electrons. The van der Waals surface area contributed by atoms with Crippen molar-refractivity contribution in [2.75, 3.05) is 18.4 Å². The average molecular weight is 314 g/mol. The molecular weight excluding hydrogens is 298 g/mol. The lowest BCUT2D eigenvalue weighted by atomic mass is 10.1. The zero-order chi connectivity index (χ0) is 11.7. The minimum Gasteiger partial charge on any atom is -0.297 e. The minimum absolute atomic E-state index is 0.873. The standard InChI is InChI=1S/C12H16BrN3S/c13-3-1-10-2-4-15(7-10)8-11-9-16-5-6-17-12(16)14-11/h5-6,9-10H,1-4,7-8H2. The lowest BCUT2D eigenvalue weighted by Crippen LogP contribution is -2.20. The molecule has 3 rings (SSSR count). The predicted octanol–water partition coefficient (Wildman–Crippen LogP) is 3.00. The zero-order valence-electron chi connectivity index (χ0n) is 9.68. The van der Waals surface area contributed by atoms with Crippen molar-refractivity contribution in [1.82, 2.24) is 14.3 Å². The summed E-state index contributed by atoms with van der Waals surface area (Å²) in [6, 6.07) is 0. The Kier molecular flexibility index (Phi) is 3.49. The summed E-state index contributed by atoms with van der Waals surface area (Å²) >= 11 is 5.23. The number of nitrogens with zero attached hydrogens (tertiary/aromatic N) is 3. The first-order valence-electron chi connectivity index (χ1n) is 6.04. The van der Waals surface area contributed by atoms with Gasteiger partial charge in [-0.15, -0.1) is 11.3 Å². The highest BCUT2D eigenvalue weighted by Crippen LogP contribution is 2.22. The monoisotopic (exact) mass is 313 g/mol. The van der Waals surface area contributed by atoms with Crippen molar-refractivity contribution >= 4 is 32.2 Å². The highest BCUT2D eigenvalue weighted by molar-refractivity contribution is 9.09. The van der Waals surface area contributed by atoms with Crippen LogP contribution in [0, 0.1) is 5.92 Å². The molecule has 1 atom stereocenters. The smallest absolute Gasteiger partial charge is 0.193 e. The molecule has 1 saturated heterocycles. The molecule has 0 amide bonds. The van der Waals surface area contributed by atoms with E-state index in [-0.39, 0.29) is 0 Å². The van der Waals surface area contributed by atoms with Gasteiger partial charge in [0.2, 0.25) is 0 Å². The summed E-state index contributed by atoms with van der Waals surface area (Å²) in [6.07, 6.45) is 6.88. The van der Waals surface area contributed by atoms with E-state index in [4.69, 9.17) is 0 Å². The Labute approximate surface area is 114 Å². The predicted molar refractivity (Wildman–Crippen MR) is 74.9 cm³/mol. The minimum atomic E-state index is 0.873. The van der Waals surface area contributed by atoms with Gasteiger partial charge in [0.15, 0.2) is 4.96 Å². The Morgan fingerprint density at radius 3 is 3.29 bits per heavy atom. The quantitative estimate of drug-likeness (QED) is 0.809. The summed E-state index contributed by atoms with van der Waals surface area (Å²) in [5.74, 6) is 0.873. The molecule has 5 heteroatoms. The van der Waals surface area contributed by atoms with Crippen LogP contribution in [0.15, 0.2) is 17.8 Å². The van der Waals surface area contributed by atoms with Crippen molar-refractivity contribution in [3.63, 3.8) is 0 Å². The van der Waals surface area contributed by atoms with E-state index in [0.717, 1.165) is 22.8 Å². The first-order valence-corrected chi connectivity index (χ1v) is 8.04. The van der Waals surface area contributed by atoms with Gasteiger partial charge in [0.25, 0.3) is 0 Å². The molecule has 1 unspecified atom stereocenters. The summed E-state index contributed by atoms with van der Waals surface area (Å²) in [4.78, 5) is 8.27. The first kappa shape index (κ1) is 11.7. The maximum Gasteiger partial charge on any atom is 0.193 e. The lowest BCUT2D eigenvalue weighted by Gasteiger charge is -2.13. The van der Waals surface area contributed by atoms with Gasteiger partial charge < -0.3 is 0 Å². The number of hydrogen-bond donors (Lipinski definition) is 0. The van der Waals surface area contributed by atoms with Gasteiger partial charge >= 0.3 is 0 Å². The second-order valence-corrected chi connectivity index (χ2v) is 6.36. The van der Waals surface area contributed by atoms with Crippen LogP contribution in [0.1, 0.15) is 18.5 Å². The molecule has 92 valence electrons. The van der Waals surface area contributed by atoms with E-state index in [0.29, 0.717) is 0 Å². The molecule has 0 saturated carbocycles.